The van der Waals surface area contributed by atoms with Crippen molar-refractivity contribution in [3.63, 3.8) is 0 Å². The van der Waals surface area contributed by atoms with E-state index < -0.39 is 28.9 Å². The van der Waals surface area contributed by atoms with Crippen LogP contribution in [0.15, 0.2) is 28.7 Å². The first-order chi connectivity index (χ1) is 9.81. The minimum atomic E-state index is -1.70. The monoisotopic (exact) mass is 358 g/mol. The van der Waals surface area contributed by atoms with Crippen molar-refractivity contribution in [2.75, 3.05) is 11.1 Å². The van der Waals surface area contributed by atoms with Gasteiger partial charge in [-0.15, -0.1) is 0 Å². The van der Waals surface area contributed by atoms with Crippen molar-refractivity contribution in [1.82, 2.24) is 0 Å². The number of anilines is 2. The largest absolute Gasteiger partial charge is 0.397 e. The zero-order valence-corrected chi connectivity index (χ0v) is 12.4. The van der Waals surface area contributed by atoms with E-state index in [4.69, 9.17) is 5.73 Å². The van der Waals surface area contributed by atoms with Crippen molar-refractivity contribution in [1.29, 1.82) is 0 Å². The first-order valence-electron chi connectivity index (χ1n) is 5.81. The number of carbonyl (C=O) groups excluding carboxylic acids is 1. The van der Waals surface area contributed by atoms with E-state index in [9.17, 15) is 18.0 Å². The highest BCUT2D eigenvalue weighted by Gasteiger charge is 2.20. The van der Waals surface area contributed by atoms with Gasteiger partial charge in [0, 0.05) is 4.47 Å². The third-order valence-corrected chi connectivity index (χ3v) is 3.41. The van der Waals surface area contributed by atoms with Gasteiger partial charge < -0.3 is 11.1 Å². The van der Waals surface area contributed by atoms with Crippen LogP contribution in [-0.4, -0.2) is 5.91 Å². The topological polar surface area (TPSA) is 55.1 Å². The molecule has 3 nitrogen and oxygen atoms in total. The van der Waals surface area contributed by atoms with Crippen LogP contribution in [0.1, 0.15) is 15.9 Å². The molecule has 0 heterocycles. The van der Waals surface area contributed by atoms with Gasteiger partial charge in [0.25, 0.3) is 5.91 Å². The number of nitrogens with two attached hydrogens (primary N) is 1. The maximum absolute atomic E-state index is 13.6. The summed E-state index contributed by atoms with van der Waals surface area (Å²) in [6.45, 7) is 1.81. The molecule has 0 saturated heterocycles. The summed E-state index contributed by atoms with van der Waals surface area (Å²) >= 11 is 3.22. The van der Waals surface area contributed by atoms with Gasteiger partial charge in [-0.1, -0.05) is 0 Å². The van der Waals surface area contributed by atoms with Crippen LogP contribution in [0.4, 0.5) is 24.5 Å². The summed E-state index contributed by atoms with van der Waals surface area (Å²) in [7, 11) is 0. The summed E-state index contributed by atoms with van der Waals surface area (Å²) < 4.78 is 40.0. The molecule has 0 fully saturated rings. The fraction of sp³-hybridized carbons (Fsp3) is 0.0714. The Bertz CT molecular complexity index is 711. The lowest BCUT2D eigenvalue weighted by Gasteiger charge is -2.12. The number of hydrogen-bond donors (Lipinski definition) is 2. The minimum Gasteiger partial charge on any atom is -0.397 e. The van der Waals surface area contributed by atoms with Gasteiger partial charge in [-0.25, -0.2) is 13.2 Å². The molecule has 0 spiro atoms. The highest BCUT2D eigenvalue weighted by molar-refractivity contribution is 9.10. The number of amides is 1. The smallest absolute Gasteiger partial charge is 0.258 e. The van der Waals surface area contributed by atoms with Gasteiger partial charge >= 0.3 is 0 Å². The zero-order valence-electron chi connectivity index (χ0n) is 10.8. The molecule has 0 aliphatic heterocycles. The second kappa shape index (κ2) is 5.77. The maximum Gasteiger partial charge on any atom is 0.258 e. The Morgan fingerprint density at radius 1 is 1.19 bits per heavy atom. The van der Waals surface area contributed by atoms with Crippen molar-refractivity contribution in [2.45, 2.75) is 6.92 Å². The SMILES string of the molecule is Cc1cc(N)c(NC(=O)c2ccc(F)c(F)c2F)c(Br)c1. The van der Waals surface area contributed by atoms with Crippen LogP contribution >= 0.6 is 15.9 Å². The molecule has 0 atom stereocenters. The molecule has 2 aromatic rings. The Balaban J connectivity index is 2.38. The number of nitrogen functional groups attached to an aromatic ring is 1. The Labute approximate surface area is 127 Å². The molecule has 0 radical (unpaired) electrons. The van der Waals surface area contributed by atoms with Crippen LogP contribution in [0.25, 0.3) is 0 Å². The molecule has 1 amide bonds. The molecule has 0 bridgehead atoms. The molecular weight excluding hydrogens is 349 g/mol. The van der Waals surface area contributed by atoms with E-state index in [0.717, 1.165) is 11.6 Å². The number of aryl methyl sites for hydroxylation is 1. The number of halogens is 4. The Morgan fingerprint density at radius 3 is 2.48 bits per heavy atom. The van der Waals surface area contributed by atoms with Crippen molar-refractivity contribution in [2.24, 2.45) is 0 Å². The van der Waals surface area contributed by atoms with Gasteiger partial charge in [-0.3, -0.25) is 4.79 Å². The molecule has 21 heavy (non-hydrogen) atoms. The van der Waals surface area contributed by atoms with Crippen LogP contribution in [0.2, 0.25) is 0 Å². The van der Waals surface area contributed by atoms with Gasteiger partial charge in [0.2, 0.25) is 0 Å². The number of carbonyl (C=O) groups is 1. The lowest BCUT2D eigenvalue weighted by molar-refractivity contribution is 0.102. The lowest BCUT2D eigenvalue weighted by atomic mass is 10.1. The predicted octanol–water partition coefficient (Wildman–Crippen LogP) is 4.01. The van der Waals surface area contributed by atoms with Crippen molar-refractivity contribution in [3.05, 3.63) is 57.3 Å². The molecule has 0 saturated carbocycles. The molecule has 110 valence electrons. The average molecular weight is 359 g/mol. The molecule has 2 rings (SSSR count). The molecular formula is C14H10BrF3N2O. The van der Waals surface area contributed by atoms with E-state index in [0.29, 0.717) is 10.5 Å². The van der Waals surface area contributed by atoms with Gasteiger partial charge in [0.1, 0.15) is 0 Å². The fourth-order valence-corrected chi connectivity index (χ4v) is 2.47. The zero-order chi connectivity index (χ0) is 15.7. The lowest BCUT2D eigenvalue weighted by Crippen LogP contribution is -2.16. The molecule has 0 aromatic heterocycles. The third kappa shape index (κ3) is 3.02. The molecule has 3 N–H and O–H groups in total. The Kier molecular flexibility index (Phi) is 4.22. The van der Waals surface area contributed by atoms with Crippen LogP contribution < -0.4 is 11.1 Å². The van der Waals surface area contributed by atoms with Crippen LogP contribution in [0.3, 0.4) is 0 Å². The normalized spacial score (nSPS) is 10.5. The van der Waals surface area contributed by atoms with E-state index in [1.165, 1.54) is 0 Å². The van der Waals surface area contributed by atoms with Crippen LogP contribution in [0.5, 0.6) is 0 Å². The fourth-order valence-electron chi connectivity index (χ4n) is 1.78. The van der Waals surface area contributed by atoms with Gasteiger partial charge in [-0.2, -0.15) is 0 Å². The van der Waals surface area contributed by atoms with Crippen molar-refractivity contribution >= 4 is 33.2 Å². The van der Waals surface area contributed by atoms with E-state index >= 15 is 0 Å². The van der Waals surface area contributed by atoms with E-state index in [-0.39, 0.29) is 11.4 Å². The van der Waals surface area contributed by atoms with Gasteiger partial charge in [0.15, 0.2) is 17.5 Å². The first kappa shape index (κ1) is 15.4. The maximum atomic E-state index is 13.6. The molecule has 0 aliphatic rings. The first-order valence-corrected chi connectivity index (χ1v) is 6.61. The summed E-state index contributed by atoms with van der Waals surface area (Å²) in [6, 6.07) is 4.86. The second-order valence-corrected chi connectivity index (χ2v) is 5.24. The Morgan fingerprint density at radius 2 is 1.86 bits per heavy atom. The summed E-state index contributed by atoms with van der Waals surface area (Å²) in [5, 5.41) is 2.37. The van der Waals surface area contributed by atoms with Gasteiger partial charge in [-0.05, 0) is 52.7 Å². The number of hydrogen-bond acceptors (Lipinski definition) is 2. The number of benzene rings is 2. The summed E-state index contributed by atoms with van der Waals surface area (Å²) in [4.78, 5) is 12.0. The van der Waals surface area contributed by atoms with Crippen LogP contribution in [0, 0.1) is 24.4 Å². The van der Waals surface area contributed by atoms with Crippen molar-refractivity contribution < 1.29 is 18.0 Å². The minimum absolute atomic E-state index is 0.231. The van der Waals surface area contributed by atoms with E-state index in [2.05, 4.69) is 21.2 Å². The third-order valence-electron chi connectivity index (χ3n) is 2.78. The molecule has 2 aromatic carbocycles. The second-order valence-electron chi connectivity index (χ2n) is 4.39. The highest BCUT2D eigenvalue weighted by Crippen LogP contribution is 2.31. The quantitative estimate of drug-likeness (QED) is 0.629. The highest BCUT2D eigenvalue weighted by atomic mass is 79.9. The molecule has 7 heteroatoms. The molecule has 0 unspecified atom stereocenters. The number of rotatable bonds is 2. The van der Waals surface area contributed by atoms with E-state index in [1.54, 1.807) is 12.1 Å². The number of nitrogens with one attached hydrogen (secondary N) is 1. The van der Waals surface area contributed by atoms with E-state index in [1.807, 2.05) is 6.92 Å². The summed E-state index contributed by atoms with van der Waals surface area (Å²) in [5.41, 5.74) is 6.51. The Hall–Kier alpha value is -2.02. The van der Waals surface area contributed by atoms with Crippen molar-refractivity contribution in [3.8, 4) is 0 Å². The summed E-state index contributed by atoms with van der Waals surface area (Å²) in [6.07, 6.45) is 0. The van der Waals surface area contributed by atoms with Gasteiger partial charge in [0.05, 0.1) is 16.9 Å². The molecule has 0 aliphatic carbocycles. The predicted molar refractivity (Wildman–Crippen MR) is 77.6 cm³/mol. The summed E-state index contributed by atoms with van der Waals surface area (Å²) in [5.74, 6) is -5.53. The standard InChI is InChI=1S/C14H10BrF3N2O/c1-6-4-8(15)13(10(19)5-6)20-14(21)7-2-3-9(16)12(18)11(7)17/h2-5H,19H2,1H3,(H,20,21). The average Bonchev–Trinajstić information content (AvgIpc) is 2.40. The van der Waals surface area contributed by atoms with Crippen LogP contribution in [-0.2, 0) is 0 Å².